The quantitative estimate of drug-likeness (QED) is 0.804. The van der Waals surface area contributed by atoms with Gasteiger partial charge in [0.05, 0.1) is 5.02 Å². The molecule has 2 N–H and O–H groups in total. The molecule has 0 saturated heterocycles. The molecular weight excluding hydrogens is 324 g/mol. The summed E-state index contributed by atoms with van der Waals surface area (Å²) >= 11 is 6.74. The van der Waals surface area contributed by atoms with Crippen LogP contribution in [-0.4, -0.2) is 34.9 Å². The van der Waals surface area contributed by atoms with Gasteiger partial charge in [0, 0.05) is 17.1 Å². The lowest BCUT2D eigenvalue weighted by molar-refractivity contribution is 0.350. The molecule has 0 spiro atoms. The lowest BCUT2D eigenvalue weighted by Crippen LogP contribution is -2.13. The molecule has 20 heavy (non-hydrogen) atoms. The zero-order chi connectivity index (χ0) is 14.6. The molecule has 0 aliphatic heterocycles. The molecule has 0 saturated carbocycles. The molecule has 0 radical (unpaired) electrons. The number of aliphatic hydroxyl groups excluding tert-OH is 1. The summed E-state index contributed by atoms with van der Waals surface area (Å²) in [4.78, 5) is -0.107. The molecule has 0 aliphatic rings. The van der Waals surface area contributed by atoms with Gasteiger partial charge in [0.2, 0.25) is 5.13 Å². The average Bonchev–Trinajstić information content (AvgIpc) is 2.88. The van der Waals surface area contributed by atoms with Crippen LogP contribution in [0.25, 0.3) is 0 Å². The molecule has 104 valence electrons. The fraction of sp³-hybridized carbons (Fsp3) is 0.100. The van der Waals surface area contributed by atoms with Crippen LogP contribution in [0.1, 0.15) is 5.56 Å². The van der Waals surface area contributed by atoms with E-state index < -0.39 is 10.0 Å². The number of benzene rings is 1. The summed E-state index contributed by atoms with van der Waals surface area (Å²) in [5.74, 6) is 5.07. The van der Waals surface area contributed by atoms with Gasteiger partial charge >= 0.3 is 0 Å². The molecule has 1 heterocycles. The van der Waals surface area contributed by atoms with Crippen molar-refractivity contribution in [2.24, 2.45) is 0 Å². The van der Waals surface area contributed by atoms with Gasteiger partial charge in [-0.15, -0.1) is 0 Å². The Morgan fingerprint density at radius 1 is 1.45 bits per heavy atom. The van der Waals surface area contributed by atoms with Crippen LogP contribution in [0.15, 0.2) is 23.1 Å². The summed E-state index contributed by atoms with van der Waals surface area (Å²) in [5.41, 5.74) is 0.501. The van der Waals surface area contributed by atoms with Crippen LogP contribution in [0.4, 0.5) is 5.13 Å². The maximum atomic E-state index is 12.1. The Hall–Kier alpha value is -1.73. The first-order valence-corrected chi connectivity index (χ1v) is 7.73. The Kier molecular flexibility index (Phi) is 4.51. The fourth-order valence-electron chi connectivity index (χ4n) is 1.28. The van der Waals surface area contributed by atoms with Crippen molar-refractivity contribution in [3.63, 3.8) is 0 Å². The minimum absolute atomic E-state index is 0.0136. The maximum absolute atomic E-state index is 12.1. The number of anilines is 1. The lowest BCUT2D eigenvalue weighted by Gasteiger charge is -2.06. The molecule has 0 unspecified atom stereocenters. The molecule has 2 aromatic rings. The fourth-order valence-corrected chi connectivity index (χ4v) is 3.41. The Morgan fingerprint density at radius 3 is 2.85 bits per heavy atom. The van der Waals surface area contributed by atoms with Gasteiger partial charge in [-0.05, 0) is 23.4 Å². The lowest BCUT2D eigenvalue weighted by atomic mass is 10.2. The summed E-state index contributed by atoms with van der Waals surface area (Å²) in [6.45, 7) is -0.288. The number of rotatable bonds is 3. The zero-order valence-electron chi connectivity index (χ0n) is 9.74. The molecule has 0 amide bonds. The van der Waals surface area contributed by atoms with E-state index in [1.807, 2.05) is 0 Å². The second-order valence-corrected chi connectivity index (χ2v) is 6.17. The minimum atomic E-state index is -3.86. The average molecular weight is 331 g/mol. The molecule has 10 heteroatoms. The van der Waals surface area contributed by atoms with Crippen molar-refractivity contribution >= 4 is 38.3 Å². The van der Waals surface area contributed by atoms with Crippen LogP contribution in [-0.2, 0) is 10.0 Å². The summed E-state index contributed by atoms with van der Waals surface area (Å²) in [6, 6.07) is 4.21. The number of halogens is 1. The monoisotopic (exact) mass is 330 g/mol. The number of nitrogens with one attached hydrogen (secondary N) is 1. The van der Waals surface area contributed by atoms with Crippen LogP contribution in [0.2, 0.25) is 5.02 Å². The summed E-state index contributed by atoms with van der Waals surface area (Å²) in [7, 11) is -3.86. The number of aromatic nitrogens is 3. The van der Waals surface area contributed by atoms with E-state index in [1.54, 1.807) is 0 Å². The standard InChI is InChI=1S/C10H7ClN4O3S2/c11-8-6-7(2-1-5-16)3-4-9(8)20(17,18)13-10-12-14-15-19-10/h3-4,6,16H,5H2,(H,12,13,15). The van der Waals surface area contributed by atoms with Crippen molar-refractivity contribution in [2.75, 3.05) is 11.3 Å². The molecule has 0 aliphatic carbocycles. The largest absolute Gasteiger partial charge is 0.384 e. The van der Waals surface area contributed by atoms with Gasteiger partial charge < -0.3 is 5.11 Å². The number of nitrogens with zero attached hydrogens (tertiary/aromatic N) is 3. The number of sulfonamides is 1. The number of hydrogen-bond acceptors (Lipinski definition) is 7. The summed E-state index contributed by atoms with van der Waals surface area (Å²) in [5, 5.41) is 15.4. The first kappa shape index (κ1) is 14.7. The molecule has 7 nitrogen and oxygen atoms in total. The minimum Gasteiger partial charge on any atom is -0.384 e. The van der Waals surface area contributed by atoms with E-state index in [0.29, 0.717) is 5.56 Å². The number of hydrogen-bond donors (Lipinski definition) is 2. The topological polar surface area (TPSA) is 105 Å². The first-order valence-electron chi connectivity index (χ1n) is 5.10. The van der Waals surface area contributed by atoms with Crippen LogP contribution in [0.5, 0.6) is 0 Å². The van der Waals surface area contributed by atoms with Crippen LogP contribution in [0, 0.1) is 11.8 Å². The predicted molar refractivity (Wildman–Crippen MR) is 73.9 cm³/mol. The van der Waals surface area contributed by atoms with E-state index in [-0.39, 0.29) is 21.7 Å². The zero-order valence-corrected chi connectivity index (χ0v) is 12.1. The van der Waals surface area contributed by atoms with Crippen LogP contribution < -0.4 is 4.72 Å². The van der Waals surface area contributed by atoms with E-state index in [0.717, 1.165) is 11.5 Å². The molecule has 0 atom stereocenters. The third kappa shape index (κ3) is 3.43. The van der Waals surface area contributed by atoms with Gasteiger partial charge in [-0.2, -0.15) is 0 Å². The molecule has 1 aromatic carbocycles. The summed E-state index contributed by atoms with van der Waals surface area (Å²) in [6.07, 6.45) is 0. The van der Waals surface area contributed by atoms with E-state index in [2.05, 4.69) is 31.4 Å². The van der Waals surface area contributed by atoms with Crippen LogP contribution in [0.3, 0.4) is 0 Å². The highest BCUT2D eigenvalue weighted by Gasteiger charge is 2.19. The number of aliphatic hydroxyl groups is 1. The third-order valence-electron chi connectivity index (χ3n) is 2.05. The first-order chi connectivity index (χ1) is 9.53. The molecule has 0 fully saturated rings. The highest BCUT2D eigenvalue weighted by atomic mass is 35.5. The molecule has 1 aromatic heterocycles. The van der Waals surface area contributed by atoms with E-state index in [9.17, 15) is 8.42 Å². The van der Waals surface area contributed by atoms with Gasteiger partial charge in [0.15, 0.2) is 0 Å². The van der Waals surface area contributed by atoms with Crippen molar-refractivity contribution in [1.29, 1.82) is 0 Å². The second-order valence-electron chi connectivity index (χ2n) is 3.38. The smallest absolute Gasteiger partial charge is 0.265 e. The summed E-state index contributed by atoms with van der Waals surface area (Å²) < 4.78 is 29.8. The van der Waals surface area contributed by atoms with E-state index in [1.165, 1.54) is 18.2 Å². The highest BCUT2D eigenvalue weighted by molar-refractivity contribution is 7.93. The second kappa shape index (κ2) is 6.15. The van der Waals surface area contributed by atoms with Crippen molar-refractivity contribution in [3.8, 4) is 11.8 Å². The SMILES string of the molecule is O=S(=O)(Nc1nnns1)c1ccc(C#CCO)cc1Cl. The normalized spacial score (nSPS) is 10.7. The Bertz CT molecular complexity index is 766. The third-order valence-corrected chi connectivity index (χ3v) is 4.52. The maximum Gasteiger partial charge on any atom is 0.265 e. The Morgan fingerprint density at radius 2 is 2.25 bits per heavy atom. The molecular formula is C10H7ClN4O3S2. The van der Waals surface area contributed by atoms with Crippen LogP contribution >= 0.6 is 23.1 Å². The Balaban J connectivity index is 2.33. The van der Waals surface area contributed by atoms with E-state index in [4.69, 9.17) is 16.7 Å². The predicted octanol–water partition coefficient (Wildman–Crippen LogP) is 0.731. The highest BCUT2D eigenvalue weighted by Crippen LogP contribution is 2.24. The van der Waals surface area contributed by atoms with Gasteiger partial charge in [-0.1, -0.05) is 33.0 Å². The van der Waals surface area contributed by atoms with Gasteiger partial charge in [0.25, 0.3) is 10.0 Å². The van der Waals surface area contributed by atoms with Crippen molar-refractivity contribution in [2.45, 2.75) is 4.90 Å². The van der Waals surface area contributed by atoms with Crippen molar-refractivity contribution in [3.05, 3.63) is 28.8 Å². The van der Waals surface area contributed by atoms with E-state index >= 15 is 0 Å². The molecule has 0 bridgehead atoms. The van der Waals surface area contributed by atoms with Crippen molar-refractivity contribution < 1.29 is 13.5 Å². The van der Waals surface area contributed by atoms with Gasteiger partial charge in [0.1, 0.15) is 11.5 Å². The molecule has 2 rings (SSSR count). The van der Waals surface area contributed by atoms with Crippen molar-refractivity contribution in [1.82, 2.24) is 14.8 Å². The Labute approximate surface area is 123 Å². The van der Waals surface area contributed by atoms with Gasteiger partial charge in [-0.3, -0.25) is 4.72 Å². The van der Waals surface area contributed by atoms with Gasteiger partial charge in [-0.25, -0.2) is 8.42 Å².